The van der Waals surface area contributed by atoms with Gasteiger partial charge in [-0.15, -0.1) is 0 Å². The number of esters is 1. The van der Waals surface area contributed by atoms with Crippen molar-refractivity contribution in [2.45, 2.75) is 71.3 Å². The van der Waals surface area contributed by atoms with Gasteiger partial charge in [0, 0.05) is 39.0 Å². The average Bonchev–Trinajstić information content (AvgIpc) is 2.59. The van der Waals surface area contributed by atoms with Crippen molar-refractivity contribution in [3.8, 4) is 0 Å². The van der Waals surface area contributed by atoms with Crippen LogP contribution in [0.4, 0.5) is 4.79 Å². The minimum absolute atomic E-state index is 0.156. The summed E-state index contributed by atoms with van der Waals surface area (Å²) in [4.78, 5) is 38.8. The Morgan fingerprint density at radius 2 is 1.31 bits per heavy atom. The standard InChI is InChI=1S/C19H34N2O5/c1-19(2,3)26-18(24)21-14-12-20(13-15-21)16(22)10-8-6-5-7-9-11-17(23)25-4/h5-15H2,1-4H3. The highest BCUT2D eigenvalue weighted by Crippen LogP contribution is 2.13. The molecule has 1 saturated heterocycles. The molecule has 0 aromatic heterocycles. The molecule has 1 aliphatic heterocycles. The van der Waals surface area contributed by atoms with Crippen LogP contribution in [0.15, 0.2) is 0 Å². The molecule has 26 heavy (non-hydrogen) atoms. The van der Waals surface area contributed by atoms with E-state index in [1.165, 1.54) is 7.11 Å². The summed E-state index contributed by atoms with van der Waals surface area (Å²) in [6.07, 6.45) is 5.41. The minimum atomic E-state index is -0.499. The predicted molar refractivity (Wildman–Crippen MR) is 98.7 cm³/mol. The van der Waals surface area contributed by atoms with Gasteiger partial charge in [0.25, 0.3) is 0 Å². The van der Waals surface area contributed by atoms with Crippen LogP contribution in [0.5, 0.6) is 0 Å². The number of rotatable bonds is 8. The van der Waals surface area contributed by atoms with Gasteiger partial charge in [0.1, 0.15) is 5.60 Å². The Balaban J connectivity index is 2.12. The normalized spacial score (nSPS) is 14.9. The van der Waals surface area contributed by atoms with Crippen LogP contribution in [0, 0.1) is 0 Å². The molecule has 1 aliphatic rings. The second kappa shape index (κ2) is 11.0. The highest BCUT2D eigenvalue weighted by Gasteiger charge is 2.27. The van der Waals surface area contributed by atoms with Crippen molar-refractivity contribution in [2.75, 3.05) is 33.3 Å². The summed E-state index contributed by atoms with van der Waals surface area (Å²) in [5, 5.41) is 0. The van der Waals surface area contributed by atoms with Gasteiger partial charge in [-0.2, -0.15) is 0 Å². The summed E-state index contributed by atoms with van der Waals surface area (Å²) < 4.78 is 9.96. The molecule has 0 bridgehead atoms. The molecule has 0 unspecified atom stereocenters. The molecule has 150 valence electrons. The summed E-state index contributed by atoms with van der Waals surface area (Å²) in [6.45, 7) is 7.72. The maximum Gasteiger partial charge on any atom is 0.410 e. The molecule has 0 aromatic carbocycles. The molecule has 1 rings (SSSR count). The molecule has 0 radical (unpaired) electrons. The molecule has 0 aromatic rings. The Labute approximate surface area is 157 Å². The number of nitrogens with zero attached hydrogens (tertiary/aromatic N) is 2. The number of piperazine rings is 1. The Morgan fingerprint density at radius 3 is 1.85 bits per heavy atom. The molecular weight excluding hydrogens is 336 g/mol. The van der Waals surface area contributed by atoms with Crippen LogP contribution >= 0.6 is 0 Å². The van der Waals surface area contributed by atoms with E-state index in [0.29, 0.717) is 39.0 Å². The first-order valence-electron chi connectivity index (χ1n) is 9.55. The fraction of sp³-hybridized carbons (Fsp3) is 0.842. The zero-order valence-electron chi connectivity index (χ0n) is 16.7. The van der Waals surface area contributed by atoms with Crippen LogP contribution in [-0.2, 0) is 19.1 Å². The third-order valence-electron chi connectivity index (χ3n) is 4.28. The highest BCUT2D eigenvalue weighted by molar-refractivity contribution is 5.76. The van der Waals surface area contributed by atoms with Crippen molar-refractivity contribution < 1.29 is 23.9 Å². The van der Waals surface area contributed by atoms with E-state index in [9.17, 15) is 14.4 Å². The van der Waals surface area contributed by atoms with Gasteiger partial charge in [-0.05, 0) is 33.6 Å². The van der Waals surface area contributed by atoms with E-state index in [1.807, 2.05) is 25.7 Å². The van der Waals surface area contributed by atoms with Crippen LogP contribution in [0.25, 0.3) is 0 Å². The lowest BCUT2D eigenvalue weighted by Gasteiger charge is -2.35. The second-order valence-electron chi connectivity index (χ2n) is 7.69. The summed E-state index contributed by atoms with van der Waals surface area (Å²) in [5.74, 6) is -0.00546. The largest absolute Gasteiger partial charge is 0.469 e. The summed E-state index contributed by atoms with van der Waals surface area (Å²) in [7, 11) is 1.40. The molecule has 0 N–H and O–H groups in total. The minimum Gasteiger partial charge on any atom is -0.469 e. The molecule has 1 fully saturated rings. The lowest BCUT2D eigenvalue weighted by atomic mass is 10.1. The maximum atomic E-state index is 12.3. The third-order valence-corrected chi connectivity index (χ3v) is 4.28. The lowest BCUT2D eigenvalue weighted by molar-refractivity contribution is -0.140. The molecule has 1 heterocycles. The Hall–Kier alpha value is -1.79. The van der Waals surface area contributed by atoms with Crippen LogP contribution in [0.3, 0.4) is 0 Å². The molecular formula is C19H34N2O5. The van der Waals surface area contributed by atoms with Gasteiger partial charge < -0.3 is 19.3 Å². The van der Waals surface area contributed by atoms with Crippen molar-refractivity contribution in [1.29, 1.82) is 0 Å². The monoisotopic (exact) mass is 370 g/mol. The third kappa shape index (κ3) is 9.06. The summed E-state index contributed by atoms with van der Waals surface area (Å²) in [6, 6.07) is 0. The van der Waals surface area contributed by atoms with Gasteiger partial charge in [0.2, 0.25) is 5.91 Å². The fourth-order valence-corrected chi connectivity index (χ4v) is 2.80. The van der Waals surface area contributed by atoms with Crippen LogP contribution in [0.1, 0.15) is 65.7 Å². The molecule has 0 aliphatic carbocycles. The zero-order chi connectivity index (χ0) is 19.6. The first-order valence-corrected chi connectivity index (χ1v) is 9.55. The number of carbonyl (C=O) groups excluding carboxylic acids is 3. The van der Waals surface area contributed by atoms with E-state index in [1.54, 1.807) is 4.90 Å². The average molecular weight is 370 g/mol. The molecule has 2 amide bonds. The second-order valence-corrected chi connectivity index (χ2v) is 7.69. The lowest BCUT2D eigenvalue weighted by Crippen LogP contribution is -2.51. The first kappa shape index (κ1) is 22.3. The number of amides is 2. The van der Waals surface area contributed by atoms with Crippen LogP contribution < -0.4 is 0 Å². The van der Waals surface area contributed by atoms with Crippen molar-refractivity contribution in [3.63, 3.8) is 0 Å². The van der Waals surface area contributed by atoms with Crippen molar-refractivity contribution in [3.05, 3.63) is 0 Å². The maximum absolute atomic E-state index is 12.3. The van der Waals surface area contributed by atoms with Gasteiger partial charge in [0.05, 0.1) is 7.11 Å². The van der Waals surface area contributed by atoms with Crippen molar-refractivity contribution >= 4 is 18.0 Å². The fourth-order valence-electron chi connectivity index (χ4n) is 2.80. The summed E-state index contributed by atoms with van der Waals surface area (Å²) in [5.41, 5.74) is -0.499. The molecule has 7 heteroatoms. The quantitative estimate of drug-likeness (QED) is 0.485. The number of hydrogen-bond acceptors (Lipinski definition) is 5. The van der Waals surface area contributed by atoms with Gasteiger partial charge in [-0.25, -0.2) is 4.79 Å². The van der Waals surface area contributed by atoms with E-state index in [2.05, 4.69) is 4.74 Å². The van der Waals surface area contributed by atoms with E-state index in [0.717, 1.165) is 32.1 Å². The van der Waals surface area contributed by atoms with E-state index < -0.39 is 5.60 Å². The zero-order valence-corrected chi connectivity index (χ0v) is 16.7. The predicted octanol–water partition coefficient (Wildman–Crippen LogP) is 2.97. The van der Waals surface area contributed by atoms with Gasteiger partial charge in [0.15, 0.2) is 0 Å². The van der Waals surface area contributed by atoms with Gasteiger partial charge in [-0.3, -0.25) is 9.59 Å². The molecule has 0 atom stereocenters. The van der Waals surface area contributed by atoms with E-state index in [-0.39, 0.29) is 18.0 Å². The molecule has 7 nitrogen and oxygen atoms in total. The summed E-state index contributed by atoms with van der Waals surface area (Å²) >= 11 is 0. The number of ether oxygens (including phenoxy) is 2. The number of hydrogen-bond donors (Lipinski definition) is 0. The van der Waals surface area contributed by atoms with Crippen molar-refractivity contribution in [2.24, 2.45) is 0 Å². The Morgan fingerprint density at radius 1 is 0.808 bits per heavy atom. The van der Waals surface area contributed by atoms with E-state index >= 15 is 0 Å². The number of carbonyl (C=O) groups is 3. The molecule has 0 saturated carbocycles. The van der Waals surface area contributed by atoms with Gasteiger partial charge in [-0.1, -0.05) is 19.3 Å². The smallest absolute Gasteiger partial charge is 0.410 e. The van der Waals surface area contributed by atoms with Crippen LogP contribution in [0.2, 0.25) is 0 Å². The van der Waals surface area contributed by atoms with Crippen molar-refractivity contribution in [1.82, 2.24) is 9.80 Å². The topological polar surface area (TPSA) is 76.2 Å². The highest BCUT2D eigenvalue weighted by atomic mass is 16.6. The number of methoxy groups -OCH3 is 1. The Bertz CT molecular complexity index is 465. The Kier molecular flexibility index (Phi) is 9.44. The number of unbranched alkanes of at least 4 members (excludes halogenated alkanes) is 4. The molecule has 0 spiro atoms. The van der Waals surface area contributed by atoms with Crippen LogP contribution in [-0.4, -0.2) is 66.7 Å². The first-order chi connectivity index (χ1) is 12.2. The van der Waals surface area contributed by atoms with Gasteiger partial charge >= 0.3 is 12.1 Å². The SMILES string of the molecule is COC(=O)CCCCCCCC(=O)N1CCN(C(=O)OC(C)(C)C)CC1. The van der Waals surface area contributed by atoms with E-state index in [4.69, 9.17) is 4.74 Å².